The van der Waals surface area contributed by atoms with Crippen LogP contribution in [0.2, 0.25) is 0 Å². The summed E-state index contributed by atoms with van der Waals surface area (Å²) in [4.78, 5) is 2.57. The number of piperidine rings is 1. The van der Waals surface area contributed by atoms with Gasteiger partial charge in [0.05, 0.1) is 6.10 Å². The van der Waals surface area contributed by atoms with Crippen LogP contribution in [0.15, 0.2) is 0 Å². The van der Waals surface area contributed by atoms with E-state index in [0.717, 1.165) is 17.3 Å². The van der Waals surface area contributed by atoms with Gasteiger partial charge in [-0.3, -0.25) is 4.55 Å². The fourth-order valence-electron chi connectivity index (χ4n) is 3.10. The maximum absolute atomic E-state index is 11.0. The van der Waals surface area contributed by atoms with Crippen molar-refractivity contribution < 1.29 is 17.7 Å². The Balaban J connectivity index is 1.42. The van der Waals surface area contributed by atoms with E-state index in [1.165, 1.54) is 50.4 Å². The first-order chi connectivity index (χ1) is 11.1. The maximum atomic E-state index is 11.0. The summed E-state index contributed by atoms with van der Waals surface area (Å²) in [6.45, 7) is 5.20. The van der Waals surface area contributed by atoms with Crippen molar-refractivity contribution in [1.29, 1.82) is 0 Å². The molecular weight excluding hydrogens is 336 g/mol. The van der Waals surface area contributed by atoms with Crippen molar-refractivity contribution in [2.24, 2.45) is 0 Å². The van der Waals surface area contributed by atoms with Gasteiger partial charge in [0.15, 0.2) is 0 Å². The van der Waals surface area contributed by atoms with E-state index in [9.17, 15) is 8.42 Å². The van der Waals surface area contributed by atoms with E-state index in [1.807, 2.05) is 0 Å². The average Bonchev–Trinajstić information content (AvgIpc) is 2.54. The van der Waals surface area contributed by atoms with E-state index in [1.54, 1.807) is 0 Å². The zero-order valence-corrected chi connectivity index (χ0v) is 15.5. The van der Waals surface area contributed by atoms with Gasteiger partial charge in [0.2, 0.25) is 0 Å². The third kappa shape index (κ3) is 7.70. The molecule has 2 fully saturated rings. The predicted molar refractivity (Wildman–Crippen MR) is 94.3 cm³/mol. The lowest BCUT2D eigenvalue weighted by Crippen LogP contribution is -2.40. The fourth-order valence-corrected chi connectivity index (χ4v) is 4.75. The second-order valence-electron chi connectivity index (χ2n) is 6.32. The number of thioether (sulfide) groups is 1. The third-order valence-electron chi connectivity index (χ3n) is 4.55. The topological polar surface area (TPSA) is 70.1 Å². The summed E-state index contributed by atoms with van der Waals surface area (Å²) in [6, 6.07) is 0. The van der Waals surface area contributed by atoms with Crippen LogP contribution in [0.1, 0.15) is 38.5 Å². The zero-order chi connectivity index (χ0) is 16.5. The Labute approximate surface area is 144 Å². The summed E-state index contributed by atoms with van der Waals surface area (Å²) in [5, 5.41) is 0. The van der Waals surface area contributed by atoms with E-state index in [2.05, 4.69) is 16.7 Å². The molecule has 0 unspecified atom stereocenters. The number of unbranched alkanes of at least 4 members (excludes halogenated alkanes) is 3. The second kappa shape index (κ2) is 10.2. The van der Waals surface area contributed by atoms with Gasteiger partial charge in [-0.1, -0.05) is 12.8 Å². The monoisotopic (exact) mass is 366 g/mol. The molecule has 0 spiro atoms. The molecule has 0 saturated carbocycles. The van der Waals surface area contributed by atoms with Crippen LogP contribution in [0.5, 0.6) is 0 Å². The molecule has 8 heteroatoms. The molecule has 2 aliphatic heterocycles. The van der Waals surface area contributed by atoms with Crippen molar-refractivity contribution in [3.05, 3.63) is 0 Å². The first-order valence-corrected chi connectivity index (χ1v) is 11.2. The predicted octanol–water partition coefficient (Wildman–Crippen LogP) is 1.88. The lowest BCUT2D eigenvalue weighted by Gasteiger charge is -2.29. The number of rotatable bonds is 9. The van der Waals surface area contributed by atoms with Crippen LogP contribution in [0.3, 0.4) is 0 Å². The molecule has 2 heterocycles. The van der Waals surface area contributed by atoms with Gasteiger partial charge in [-0.2, -0.15) is 24.5 Å². The van der Waals surface area contributed by atoms with Crippen LogP contribution in [0.25, 0.3) is 0 Å². The van der Waals surface area contributed by atoms with E-state index >= 15 is 0 Å². The maximum Gasteiger partial charge on any atom is 0.335 e. The molecule has 1 N–H and O–H groups in total. The highest BCUT2D eigenvalue weighted by Crippen LogP contribution is 2.16. The fraction of sp³-hybridized carbons (Fsp3) is 1.00. The molecule has 0 bridgehead atoms. The smallest absolute Gasteiger partial charge is 0.335 e. The van der Waals surface area contributed by atoms with E-state index in [-0.39, 0.29) is 6.10 Å². The minimum Gasteiger partial charge on any atom is -0.378 e. The summed E-state index contributed by atoms with van der Waals surface area (Å²) in [5.41, 5.74) is 0. The number of nitrogens with zero attached hydrogens (tertiary/aromatic N) is 2. The highest BCUT2D eigenvalue weighted by atomic mass is 32.2. The average molecular weight is 367 g/mol. The summed E-state index contributed by atoms with van der Waals surface area (Å²) in [7, 11) is -4.02. The molecule has 23 heavy (non-hydrogen) atoms. The number of hydrogen-bond donors (Lipinski definition) is 1. The van der Waals surface area contributed by atoms with Crippen molar-refractivity contribution in [3.63, 3.8) is 0 Å². The number of ether oxygens (including phenoxy) is 1. The Kier molecular flexibility index (Phi) is 8.64. The van der Waals surface area contributed by atoms with Crippen molar-refractivity contribution in [3.8, 4) is 0 Å². The highest BCUT2D eigenvalue weighted by molar-refractivity contribution is 7.99. The first kappa shape index (κ1) is 19.5. The van der Waals surface area contributed by atoms with E-state index < -0.39 is 10.3 Å². The van der Waals surface area contributed by atoms with Gasteiger partial charge in [-0.15, -0.1) is 0 Å². The van der Waals surface area contributed by atoms with Gasteiger partial charge < -0.3 is 9.64 Å². The molecule has 0 aromatic rings. The molecule has 2 aliphatic rings. The molecule has 0 aliphatic carbocycles. The SMILES string of the molecule is O=S(=O)(O)N1CCC(OCCCCCCN2CCSCC2)CC1. The Hall–Kier alpha value is 0.140. The minimum atomic E-state index is -4.02. The normalized spacial score (nSPS) is 22.5. The molecule has 0 atom stereocenters. The van der Waals surface area contributed by atoms with Gasteiger partial charge in [0, 0.05) is 44.3 Å². The Morgan fingerprint density at radius 2 is 1.65 bits per heavy atom. The van der Waals surface area contributed by atoms with Crippen LogP contribution in [-0.2, 0) is 15.0 Å². The van der Waals surface area contributed by atoms with Crippen LogP contribution in [-0.4, -0.2) is 79.1 Å². The standard InChI is InChI=1S/C15H30N2O4S2/c18-23(19,20)17-8-5-15(6-9-17)21-12-4-2-1-3-7-16-10-13-22-14-11-16/h15H,1-14H2,(H,18,19,20). The van der Waals surface area contributed by atoms with E-state index in [4.69, 9.17) is 9.29 Å². The minimum absolute atomic E-state index is 0.138. The van der Waals surface area contributed by atoms with Crippen LogP contribution >= 0.6 is 11.8 Å². The van der Waals surface area contributed by atoms with Crippen LogP contribution in [0.4, 0.5) is 0 Å². The molecule has 6 nitrogen and oxygen atoms in total. The molecule has 2 saturated heterocycles. The van der Waals surface area contributed by atoms with Gasteiger partial charge in [0.1, 0.15) is 0 Å². The van der Waals surface area contributed by atoms with Gasteiger partial charge in [-0.25, -0.2) is 0 Å². The van der Waals surface area contributed by atoms with Crippen molar-refractivity contribution >= 4 is 22.1 Å². The number of hydrogen-bond acceptors (Lipinski definition) is 5. The zero-order valence-electron chi connectivity index (χ0n) is 13.9. The van der Waals surface area contributed by atoms with E-state index in [0.29, 0.717) is 25.9 Å². The van der Waals surface area contributed by atoms with Crippen LogP contribution in [0, 0.1) is 0 Å². The molecular formula is C15H30N2O4S2. The molecule has 0 radical (unpaired) electrons. The first-order valence-electron chi connectivity index (χ1n) is 8.70. The lowest BCUT2D eigenvalue weighted by atomic mass is 10.1. The Morgan fingerprint density at radius 3 is 2.30 bits per heavy atom. The molecule has 136 valence electrons. The van der Waals surface area contributed by atoms with Crippen molar-refractivity contribution in [2.75, 3.05) is 50.8 Å². The van der Waals surface area contributed by atoms with Crippen LogP contribution < -0.4 is 0 Å². The second-order valence-corrected chi connectivity index (χ2v) is 8.95. The molecule has 0 aromatic carbocycles. The summed E-state index contributed by atoms with van der Waals surface area (Å²) >= 11 is 2.06. The molecule has 0 amide bonds. The third-order valence-corrected chi connectivity index (χ3v) is 6.51. The Morgan fingerprint density at radius 1 is 1.00 bits per heavy atom. The van der Waals surface area contributed by atoms with Crippen molar-refractivity contribution in [2.45, 2.75) is 44.6 Å². The quantitative estimate of drug-likeness (QED) is 0.496. The molecule has 0 aromatic heterocycles. The lowest BCUT2D eigenvalue weighted by molar-refractivity contribution is 0.0181. The summed E-state index contributed by atoms with van der Waals surface area (Å²) < 4.78 is 37.9. The summed E-state index contributed by atoms with van der Waals surface area (Å²) in [6.07, 6.45) is 6.30. The van der Waals surface area contributed by atoms with Gasteiger partial charge in [-0.05, 0) is 32.2 Å². The Bertz CT molecular complexity index is 419. The molecule has 2 rings (SSSR count). The van der Waals surface area contributed by atoms with Gasteiger partial charge in [0.25, 0.3) is 0 Å². The summed E-state index contributed by atoms with van der Waals surface area (Å²) in [5.74, 6) is 2.56. The largest absolute Gasteiger partial charge is 0.378 e. The highest BCUT2D eigenvalue weighted by Gasteiger charge is 2.26. The van der Waals surface area contributed by atoms with Crippen molar-refractivity contribution in [1.82, 2.24) is 9.21 Å². The van der Waals surface area contributed by atoms with Gasteiger partial charge >= 0.3 is 10.3 Å².